The fraction of sp³-hybridized carbons (Fsp3) is 0.182. The minimum absolute atomic E-state index is 0.863. The van der Waals surface area contributed by atoms with Crippen molar-refractivity contribution >= 4 is 26.8 Å². The lowest BCUT2D eigenvalue weighted by atomic mass is 10.1. The molecule has 0 saturated carbocycles. The van der Waals surface area contributed by atoms with Crippen molar-refractivity contribution in [1.82, 2.24) is 4.98 Å². The summed E-state index contributed by atoms with van der Waals surface area (Å²) in [6.07, 6.45) is 1.84. The highest BCUT2D eigenvalue weighted by Gasteiger charge is 2.00. The fourth-order valence-corrected chi connectivity index (χ4v) is 1.96. The summed E-state index contributed by atoms with van der Waals surface area (Å²) in [5.41, 5.74) is 3.65. The molecule has 2 rings (SSSR count). The number of alkyl halides is 1. The Bertz CT molecular complexity index is 437. The number of aromatic nitrogens is 1. The van der Waals surface area contributed by atoms with Gasteiger partial charge in [-0.25, -0.2) is 0 Å². The molecule has 1 aromatic heterocycles. The summed E-state index contributed by atoms with van der Waals surface area (Å²) < 4.78 is 0. The van der Waals surface area contributed by atoms with Crippen LogP contribution in [0.4, 0.5) is 0 Å². The number of halogens is 1. The average Bonchev–Trinajstić information content (AvgIpc) is 2.16. The normalized spacial score (nSPS) is 10.6. The van der Waals surface area contributed by atoms with Crippen molar-refractivity contribution in [2.24, 2.45) is 0 Å². The molecule has 1 heterocycles. The van der Waals surface area contributed by atoms with Gasteiger partial charge in [0.15, 0.2) is 0 Å². The molecule has 13 heavy (non-hydrogen) atoms. The Morgan fingerprint density at radius 3 is 3.00 bits per heavy atom. The molecule has 2 aromatic rings. The molecule has 0 aliphatic carbocycles. The van der Waals surface area contributed by atoms with E-state index in [2.05, 4.69) is 46.0 Å². The van der Waals surface area contributed by atoms with Gasteiger partial charge in [-0.3, -0.25) is 4.98 Å². The number of hydrogen-bond donors (Lipinski definition) is 0. The van der Waals surface area contributed by atoms with Crippen LogP contribution in [-0.2, 0) is 5.33 Å². The SMILES string of the molecule is Cc1cc(CBr)c2ncccc2c1. The Labute approximate surface area is 85.9 Å². The fourth-order valence-electron chi connectivity index (χ4n) is 1.53. The van der Waals surface area contributed by atoms with Gasteiger partial charge in [-0.15, -0.1) is 0 Å². The van der Waals surface area contributed by atoms with Crippen molar-refractivity contribution in [2.45, 2.75) is 12.3 Å². The van der Waals surface area contributed by atoms with E-state index in [0.29, 0.717) is 0 Å². The number of rotatable bonds is 1. The lowest BCUT2D eigenvalue weighted by molar-refractivity contribution is 1.33. The largest absolute Gasteiger partial charge is 0.256 e. The molecule has 0 fully saturated rings. The van der Waals surface area contributed by atoms with Crippen LogP contribution in [0.5, 0.6) is 0 Å². The Balaban J connectivity index is 2.81. The number of aryl methyl sites for hydroxylation is 1. The van der Waals surface area contributed by atoms with Crippen LogP contribution in [0.3, 0.4) is 0 Å². The first-order chi connectivity index (χ1) is 6.31. The van der Waals surface area contributed by atoms with E-state index in [0.717, 1.165) is 10.8 Å². The van der Waals surface area contributed by atoms with Crippen LogP contribution in [0.15, 0.2) is 30.5 Å². The van der Waals surface area contributed by atoms with E-state index in [1.54, 1.807) is 0 Å². The summed E-state index contributed by atoms with van der Waals surface area (Å²) >= 11 is 3.47. The summed E-state index contributed by atoms with van der Waals surface area (Å²) in [6.45, 7) is 2.11. The van der Waals surface area contributed by atoms with E-state index in [1.165, 1.54) is 16.5 Å². The summed E-state index contributed by atoms with van der Waals surface area (Å²) in [4.78, 5) is 4.36. The maximum Gasteiger partial charge on any atom is 0.0742 e. The van der Waals surface area contributed by atoms with Crippen LogP contribution in [0, 0.1) is 6.92 Å². The molecule has 0 N–H and O–H groups in total. The van der Waals surface area contributed by atoms with Crippen LogP contribution in [-0.4, -0.2) is 4.98 Å². The molecule has 2 heteroatoms. The molecule has 0 radical (unpaired) electrons. The molecule has 0 aliphatic rings. The van der Waals surface area contributed by atoms with E-state index in [1.807, 2.05) is 12.3 Å². The van der Waals surface area contributed by atoms with Crippen molar-refractivity contribution < 1.29 is 0 Å². The molecule has 66 valence electrons. The van der Waals surface area contributed by atoms with Crippen LogP contribution in [0.2, 0.25) is 0 Å². The molecule has 0 saturated heterocycles. The molecule has 1 nitrogen and oxygen atoms in total. The number of fused-ring (bicyclic) bond motifs is 1. The Morgan fingerprint density at radius 2 is 2.23 bits per heavy atom. The molecule has 0 aliphatic heterocycles. The molecule has 0 bridgehead atoms. The summed E-state index contributed by atoms with van der Waals surface area (Å²) in [6, 6.07) is 8.40. The number of benzene rings is 1. The monoisotopic (exact) mass is 235 g/mol. The van der Waals surface area contributed by atoms with Crippen molar-refractivity contribution in [3.63, 3.8) is 0 Å². The maximum absolute atomic E-state index is 4.36. The van der Waals surface area contributed by atoms with Crippen LogP contribution in [0.1, 0.15) is 11.1 Å². The van der Waals surface area contributed by atoms with Gasteiger partial charge in [0.25, 0.3) is 0 Å². The third-order valence-electron chi connectivity index (χ3n) is 2.07. The van der Waals surface area contributed by atoms with E-state index in [9.17, 15) is 0 Å². The van der Waals surface area contributed by atoms with E-state index < -0.39 is 0 Å². The maximum atomic E-state index is 4.36. The molecular formula is C11H10BrN. The van der Waals surface area contributed by atoms with Gasteiger partial charge in [-0.05, 0) is 24.6 Å². The van der Waals surface area contributed by atoms with Gasteiger partial charge in [-0.2, -0.15) is 0 Å². The highest BCUT2D eigenvalue weighted by atomic mass is 79.9. The van der Waals surface area contributed by atoms with Crippen molar-refractivity contribution in [3.05, 3.63) is 41.6 Å². The van der Waals surface area contributed by atoms with Crippen molar-refractivity contribution in [2.75, 3.05) is 0 Å². The second kappa shape index (κ2) is 3.46. The summed E-state index contributed by atoms with van der Waals surface area (Å²) in [5.74, 6) is 0. The van der Waals surface area contributed by atoms with Gasteiger partial charge in [0.05, 0.1) is 5.52 Å². The first kappa shape index (κ1) is 8.70. The second-order valence-electron chi connectivity index (χ2n) is 3.13. The molecule has 1 aromatic carbocycles. The van der Waals surface area contributed by atoms with Gasteiger partial charge in [0.1, 0.15) is 0 Å². The minimum Gasteiger partial charge on any atom is -0.256 e. The smallest absolute Gasteiger partial charge is 0.0742 e. The molecule has 0 atom stereocenters. The lowest BCUT2D eigenvalue weighted by Gasteiger charge is -2.03. The third-order valence-corrected chi connectivity index (χ3v) is 2.68. The Morgan fingerprint density at radius 1 is 1.38 bits per heavy atom. The zero-order valence-corrected chi connectivity index (χ0v) is 9.01. The number of hydrogen-bond acceptors (Lipinski definition) is 1. The van der Waals surface area contributed by atoms with E-state index in [-0.39, 0.29) is 0 Å². The second-order valence-corrected chi connectivity index (χ2v) is 3.69. The quantitative estimate of drug-likeness (QED) is 0.691. The predicted octanol–water partition coefficient (Wildman–Crippen LogP) is 3.44. The molecule has 0 unspecified atom stereocenters. The van der Waals surface area contributed by atoms with Gasteiger partial charge < -0.3 is 0 Å². The van der Waals surface area contributed by atoms with Gasteiger partial charge >= 0.3 is 0 Å². The molecular weight excluding hydrogens is 226 g/mol. The standard InChI is InChI=1S/C11H10BrN/c1-8-5-9-3-2-4-13-11(9)10(6-8)7-12/h2-6H,7H2,1H3. The predicted molar refractivity (Wildman–Crippen MR) is 59.1 cm³/mol. The first-order valence-corrected chi connectivity index (χ1v) is 5.33. The number of pyridine rings is 1. The number of nitrogens with zero attached hydrogens (tertiary/aromatic N) is 1. The van der Waals surface area contributed by atoms with Crippen molar-refractivity contribution in [3.8, 4) is 0 Å². The Kier molecular flexibility index (Phi) is 2.32. The summed E-state index contributed by atoms with van der Waals surface area (Å²) in [5, 5.41) is 2.08. The highest BCUT2D eigenvalue weighted by molar-refractivity contribution is 9.08. The van der Waals surface area contributed by atoms with Gasteiger partial charge in [0.2, 0.25) is 0 Å². The lowest BCUT2D eigenvalue weighted by Crippen LogP contribution is -1.86. The van der Waals surface area contributed by atoms with E-state index in [4.69, 9.17) is 0 Å². The zero-order chi connectivity index (χ0) is 9.26. The molecule has 0 amide bonds. The zero-order valence-electron chi connectivity index (χ0n) is 7.42. The molecule has 0 spiro atoms. The highest BCUT2D eigenvalue weighted by Crippen LogP contribution is 2.20. The average molecular weight is 236 g/mol. The minimum atomic E-state index is 0.863. The van der Waals surface area contributed by atoms with Crippen LogP contribution < -0.4 is 0 Å². The van der Waals surface area contributed by atoms with Crippen molar-refractivity contribution in [1.29, 1.82) is 0 Å². The van der Waals surface area contributed by atoms with Gasteiger partial charge in [0, 0.05) is 16.9 Å². The van der Waals surface area contributed by atoms with E-state index >= 15 is 0 Å². The first-order valence-electron chi connectivity index (χ1n) is 4.21. The van der Waals surface area contributed by atoms with Gasteiger partial charge in [-0.1, -0.05) is 33.6 Å². The third kappa shape index (κ3) is 1.59. The van der Waals surface area contributed by atoms with Crippen LogP contribution in [0.25, 0.3) is 10.9 Å². The topological polar surface area (TPSA) is 12.9 Å². The van der Waals surface area contributed by atoms with Crippen LogP contribution >= 0.6 is 15.9 Å². The summed E-state index contributed by atoms with van der Waals surface area (Å²) in [7, 11) is 0. The Hall–Kier alpha value is -0.890.